The zero-order valence-electron chi connectivity index (χ0n) is 40.8. The third kappa shape index (κ3) is 7.73. The van der Waals surface area contributed by atoms with Crippen molar-refractivity contribution in [1.29, 1.82) is 31.6 Å². The molecule has 12 rings (SSSR count). The maximum Gasteiger partial charge on any atom is 0.417 e. The molecule has 0 aliphatic rings. The second-order valence-corrected chi connectivity index (χ2v) is 18.6. The first kappa shape index (κ1) is 47.5. The van der Waals surface area contributed by atoms with E-state index in [1.165, 1.54) is 12.1 Å². The number of rotatable bonds is 7. The average Bonchev–Trinajstić information content (AvgIpc) is 4.04. The van der Waals surface area contributed by atoms with Gasteiger partial charge in [-0.25, -0.2) is 0 Å². The Bertz CT molecular complexity index is 4590. The molecule has 0 aliphatic carbocycles. The second-order valence-electron chi connectivity index (χ2n) is 18.6. The van der Waals surface area contributed by atoms with Gasteiger partial charge in [0.25, 0.3) is 0 Å². The van der Waals surface area contributed by atoms with Crippen molar-refractivity contribution < 1.29 is 13.2 Å². The molecule has 0 unspecified atom stereocenters. The van der Waals surface area contributed by atoms with Gasteiger partial charge in [-0.05, 0) is 123 Å². The van der Waals surface area contributed by atoms with Crippen LogP contribution in [0.1, 0.15) is 38.9 Å². The third-order valence-electron chi connectivity index (χ3n) is 14.4. The summed E-state index contributed by atoms with van der Waals surface area (Å²) in [5.41, 5.74) is 8.42. The zero-order chi connectivity index (χ0) is 53.8. The van der Waals surface area contributed by atoms with Gasteiger partial charge >= 0.3 is 6.18 Å². The maximum absolute atomic E-state index is 15.4. The average molecular weight is 1010 g/mol. The van der Waals surface area contributed by atoms with Crippen molar-refractivity contribution in [3.8, 4) is 103 Å². The minimum absolute atomic E-state index is 0.0620. The van der Waals surface area contributed by atoms with Gasteiger partial charge in [0.05, 0.1) is 109 Å². The van der Waals surface area contributed by atoms with Crippen LogP contribution in [0.5, 0.6) is 0 Å². The maximum atomic E-state index is 15.4. The Morgan fingerprint density at radius 2 is 0.628 bits per heavy atom. The van der Waals surface area contributed by atoms with Gasteiger partial charge in [0.2, 0.25) is 0 Å². The Kier molecular flexibility index (Phi) is 11.4. The van der Waals surface area contributed by atoms with E-state index < -0.39 is 11.7 Å². The van der Waals surface area contributed by atoms with Gasteiger partial charge in [-0.2, -0.15) is 44.7 Å². The molecule has 0 fully saturated rings. The molecule has 0 saturated heterocycles. The lowest BCUT2D eigenvalue weighted by Gasteiger charge is -2.21. The largest absolute Gasteiger partial charge is 0.417 e. The van der Waals surface area contributed by atoms with Crippen LogP contribution in [-0.4, -0.2) is 9.13 Å². The van der Waals surface area contributed by atoms with Crippen molar-refractivity contribution in [3.63, 3.8) is 0 Å². The summed E-state index contributed by atoms with van der Waals surface area (Å²) >= 11 is 0. The minimum Gasteiger partial charge on any atom is -0.307 e. The van der Waals surface area contributed by atoms with Crippen molar-refractivity contribution in [3.05, 3.63) is 239 Å². The molecule has 2 aromatic heterocycles. The van der Waals surface area contributed by atoms with Crippen LogP contribution in [0.3, 0.4) is 0 Å². The molecule has 0 spiro atoms. The summed E-state index contributed by atoms with van der Waals surface area (Å²) in [6.45, 7) is 0. The number of fused-ring (bicyclic) bond motifs is 6. The van der Waals surface area contributed by atoms with Crippen LogP contribution in [0, 0.1) is 68.0 Å². The molecule has 0 amide bonds. The van der Waals surface area contributed by atoms with E-state index in [4.69, 9.17) is 0 Å². The minimum atomic E-state index is -4.95. The van der Waals surface area contributed by atoms with Gasteiger partial charge in [-0.15, -0.1) is 0 Å². The summed E-state index contributed by atoms with van der Waals surface area (Å²) in [5, 5.41) is 65.5. The van der Waals surface area contributed by atoms with Crippen LogP contribution in [0.4, 0.5) is 13.2 Å². The normalized spacial score (nSPS) is 11.2. The standard InChI is InChI=1S/C67H33F3N8/c68-67(69,70)60-27-40(34-71)17-22-54(60)59-33-66(78-63-30-43(52-15-7-3-11-47(52)37-74)20-25-57(63)58-26-21-44(31-64(58)78)53-16-8-4-12-48(53)38-75)65(32-49(59)39-76)77-61-28-41(50-13-5-1-9-45(50)35-72)18-23-55(61)56-24-19-42(29-62(56)77)51-14-6-2-10-46(51)36-73/h1-33H. The summed E-state index contributed by atoms with van der Waals surface area (Å²) in [7, 11) is 0. The van der Waals surface area contributed by atoms with E-state index in [1.54, 1.807) is 60.7 Å². The smallest absolute Gasteiger partial charge is 0.307 e. The van der Waals surface area contributed by atoms with E-state index in [1.807, 2.05) is 137 Å². The predicted octanol–water partition coefficient (Wildman–Crippen LogP) is 16.5. The Morgan fingerprint density at radius 1 is 0.295 bits per heavy atom. The summed E-state index contributed by atoms with van der Waals surface area (Å²) in [4.78, 5) is 0. The van der Waals surface area contributed by atoms with Gasteiger partial charge in [-0.3, -0.25) is 0 Å². The Labute approximate surface area is 444 Å². The fourth-order valence-electron chi connectivity index (χ4n) is 10.9. The van der Waals surface area contributed by atoms with Gasteiger partial charge in [-0.1, -0.05) is 127 Å². The number of nitrogens with zero attached hydrogens (tertiary/aromatic N) is 8. The summed E-state index contributed by atoms with van der Waals surface area (Å²) < 4.78 is 50.3. The Hall–Kier alpha value is -11.5. The molecule has 0 aliphatic heterocycles. The summed E-state index contributed by atoms with van der Waals surface area (Å²) in [6.07, 6.45) is -4.95. The van der Waals surface area contributed by atoms with Gasteiger partial charge in [0, 0.05) is 27.1 Å². The highest BCUT2D eigenvalue weighted by atomic mass is 19.4. The molecule has 362 valence electrons. The Morgan fingerprint density at radius 3 is 0.949 bits per heavy atom. The zero-order valence-corrected chi connectivity index (χ0v) is 40.8. The van der Waals surface area contributed by atoms with E-state index in [9.17, 15) is 31.6 Å². The molecule has 11 heteroatoms. The summed E-state index contributed by atoms with van der Waals surface area (Å²) in [5.74, 6) is 0. The van der Waals surface area contributed by atoms with E-state index >= 15 is 13.2 Å². The quantitative estimate of drug-likeness (QED) is 0.155. The highest BCUT2D eigenvalue weighted by molar-refractivity contribution is 6.14. The van der Waals surface area contributed by atoms with E-state index in [2.05, 4.69) is 30.3 Å². The number of aromatic nitrogens is 2. The molecule has 0 N–H and O–H groups in total. The topological polar surface area (TPSA) is 153 Å². The molecule has 12 aromatic rings. The molecule has 0 saturated carbocycles. The molecular weight excluding hydrogens is 974 g/mol. The van der Waals surface area contributed by atoms with Crippen LogP contribution in [0.15, 0.2) is 200 Å². The van der Waals surface area contributed by atoms with Crippen LogP contribution >= 0.6 is 0 Å². The van der Waals surface area contributed by atoms with E-state index in [-0.39, 0.29) is 22.3 Å². The predicted molar refractivity (Wildman–Crippen MR) is 296 cm³/mol. The molecule has 2 heterocycles. The first-order chi connectivity index (χ1) is 38.0. The molecule has 8 nitrogen and oxygen atoms in total. The van der Waals surface area contributed by atoms with Crippen LogP contribution in [0.2, 0.25) is 0 Å². The third-order valence-corrected chi connectivity index (χ3v) is 14.4. The molecule has 10 aromatic carbocycles. The number of benzene rings is 10. The van der Waals surface area contributed by atoms with Crippen LogP contribution in [-0.2, 0) is 6.18 Å². The molecule has 0 bridgehead atoms. The molecule has 78 heavy (non-hydrogen) atoms. The van der Waals surface area contributed by atoms with Crippen LogP contribution in [0.25, 0.3) is 111 Å². The van der Waals surface area contributed by atoms with Crippen molar-refractivity contribution in [2.75, 3.05) is 0 Å². The number of halogens is 3. The lowest BCUT2D eigenvalue weighted by molar-refractivity contribution is -0.137. The van der Waals surface area contributed by atoms with Crippen molar-refractivity contribution in [2.24, 2.45) is 0 Å². The highest BCUT2D eigenvalue weighted by Gasteiger charge is 2.35. The monoisotopic (exact) mass is 1010 g/mol. The molecule has 0 atom stereocenters. The lowest BCUT2D eigenvalue weighted by atomic mass is 9.92. The van der Waals surface area contributed by atoms with Crippen LogP contribution < -0.4 is 0 Å². The number of hydrogen-bond acceptors (Lipinski definition) is 6. The lowest BCUT2D eigenvalue weighted by Crippen LogP contribution is -2.10. The fraction of sp³-hybridized carbons (Fsp3) is 0.0149. The van der Waals surface area contributed by atoms with E-state index in [0.717, 1.165) is 27.6 Å². The number of nitriles is 6. The molecular formula is C67H33F3N8. The summed E-state index contributed by atoms with van der Waals surface area (Å²) in [6, 6.07) is 72.0. The first-order valence-corrected chi connectivity index (χ1v) is 24.4. The van der Waals surface area contributed by atoms with Crippen molar-refractivity contribution in [1.82, 2.24) is 9.13 Å². The Balaban J connectivity index is 1.30. The van der Waals surface area contributed by atoms with Gasteiger partial charge in [0.15, 0.2) is 0 Å². The van der Waals surface area contributed by atoms with Gasteiger partial charge < -0.3 is 9.13 Å². The number of alkyl halides is 3. The molecule has 0 radical (unpaired) electrons. The van der Waals surface area contributed by atoms with Crippen molar-refractivity contribution in [2.45, 2.75) is 6.18 Å². The SMILES string of the molecule is N#Cc1ccc(-c2cc(-n3c4cc(-c5ccccc5C#N)ccc4c4ccc(-c5ccccc5C#N)cc43)c(-n3c4cc(-c5ccccc5C#N)ccc4c4ccc(-c5ccccc5C#N)cc43)cc2C#N)c(C(F)(F)F)c1. The fourth-order valence-corrected chi connectivity index (χ4v) is 10.9. The van der Waals surface area contributed by atoms with E-state index in [0.29, 0.717) is 100 Å². The first-order valence-electron chi connectivity index (χ1n) is 24.4. The van der Waals surface area contributed by atoms with Gasteiger partial charge in [0.1, 0.15) is 0 Å². The second kappa shape index (κ2) is 18.8. The van der Waals surface area contributed by atoms with Crippen molar-refractivity contribution >= 4 is 43.6 Å². The number of hydrogen-bond donors (Lipinski definition) is 0. The highest BCUT2D eigenvalue weighted by Crippen LogP contribution is 2.46.